The summed E-state index contributed by atoms with van der Waals surface area (Å²) >= 11 is 0. The highest BCUT2D eigenvalue weighted by Gasteiger charge is 2.24. The molecule has 0 atom stereocenters. The molecular formula is C17H16FN3O4. The van der Waals surface area contributed by atoms with Crippen LogP contribution in [-0.2, 0) is 4.79 Å². The maximum Gasteiger partial charge on any atom is 0.295 e. The number of fused-ring (bicyclic) bond motifs is 1. The Morgan fingerprint density at radius 1 is 1.28 bits per heavy atom. The van der Waals surface area contributed by atoms with Crippen LogP contribution in [0.2, 0.25) is 0 Å². The number of anilines is 2. The first kappa shape index (κ1) is 16.7. The molecule has 130 valence electrons. The zero-order chi connectivity index (χ0) is 17.8. The van der Waals surface area contributed by atoms with Gasteiger partial charge in [0, 0.05) is 13.1 Å². The summed E-state index contributed by atoms with van der Waals surface area (Å²) in [6.45, 7) is 0.842. The Bertz CT molecular complexity index is 812. The second kappa shape index (κ2) is 7.16. The average molecular weight is 345 g/mol. The van der Waals surface area contributed by atoms with Gasteiger partial charge in [-0.1, -0.05) is 12.1 Å². The Kier molecular flexibility index (Phi) is 4.78. The van der Waals surface area contributed by atoms with Gasteiger partial charge in [-0.15, -0.1) is 0 Å². The van der Waals surface area contributed by atoms with Crippen molar-refractivity contribution in [3.05, 3.63) is 58.4 Å². The fourth-order valence-corrected chi connectivity index (χ4v) is 2.66. The number of nitro groups is 1. The first-order chi connectivity index (χ1) is 12.1. The van der Waals surface area contributed by atoms with Gasteiger partial charge in [0.15, 0.2) is 6.61 Å². The molecule has 8 heteroatoms. The molecule has 7 nitrogen and oxygen atoms in total. The van der Waals surface area contributed by atoms with Crippen molar-refractivity contribution >= 4 is 23.0 Å². The molecular weight excluding hydrogens is 329 g/mol. The quantitative estimate of drug-likeness (QED) is 0.494. The monoisotopic (exact) mass is 345 g/mol. The van der Waals surface area contributed by atoms with Gasteiger partial charge in [-0.25, -0.2) is 4.39 Å². The third-order valence-electron chi connectivity index (χ3n) is 3.84. The molecule has 0 unspecified atom stereocenters. The van der Waals surface area contributed by atoms with E-state index in [0.29, 0.717) is 30.9 Å². The molecule has 0 saturated heterocycles. The van der Waals surface area contributed by atoms with Crippen molar-refractivity contribution in [2.24, 2.45) is 0 Å². The Labute approximate surface area is 143 Å². The van der Waals surface area contributed by atoms with Crippen LogP contribution in [0.25, 0.3) is 0 Å². The first-order valence-electron chi connectivity index (χ1n) is 7.76. The van der Waals surface area contributed by atoms with Crippen molar-refractivity contribution in [2.45, 2.75) is 6.42 Å². The number of nitro benzene ring substituents is 1. The van der Waals surface area contributed by atoms with Gasteiger partial charge in [-0.2, -0.15) is 0 Å². The van der Waals surface area contributed by atoms with Gasteiger partial charge in [-0.05, 0) is 30.7 Å². The molecule has 3 rings (SSSR count). The van der Waals surface area contributed by atoms with Crippen molar-refractivity contribution < 1.29 is 18.8 Å². The fourth-order valence-electron chi connectivity index (χ4n) is 2.66. The Balaban J connectivity index is 1.61. The number of nitrogens with one attached hydrogen (secondary N) is 1. The van der Waals surface area contributed by atoms with Crippen LogP contribution in [-0.4, -0.2) is 30.5 Å². The normalized spacial score (nSPS) is 13.2. The van der Waals surface area contributed by atoms with Gasteiger partial charge in [0.1, 0.15) is 17.3 Å². The summed E-state index contributed by atoms with van der Waals surface area (Å²) in [4.78, 5) is 24.0. The summed E-state index contributed by atoms with van der Waals surface area (Å²) < 4.78 is 18.5. The number of rotatable bonds is 6. The first-order valence-corrected chi connectivity index (χ1v) is 7.76. The lowest BCUT2D eigenvalue weighted by Gasteiger charge is -2.29. The van der Waals surface area contributed by atoms with E-state index < -0.39 is 10.7 Å². The predicted octanol–water partition coefficient (Wildman–Crippen LogP) is 2.96. The number of para-hydroxylation sites is 2. The van der Waals surface area contributed by atoms with Gasteiger partial charge in [-0.3, -0.25) is 14.9 Å². The minimum atomic E-state index is -0.659. The summed E-state index contributed by atoms with van der Waals surface area (Å²) in [5.41, 5.74) is 0.652. The minimum Gasteiger partial charge on any atom is -0.482 e. The Hall–Kier alpha value is -3.16. The van der Waals surface area contributed by atoms with Crippen molar-refractivity contribution in [3.8, 4) is 5.75 Å². The molecule has 1 N–H and O–H groups in total. The minimum absolute atomic E-state index is 0.00608. The maximum absolute atomic E-state index is 13.1. The smallest absolute Gasteiger partial charge is 0.295 e. The van der Waals surface area contributed by atoms with Gasteiger partial charge < -0.3 is 15.0 Å². The third-order valence-corrected chi connectivity index (χ3v) is 3.84. The zero-order valence-electron chi connectivity index (χ0n) is 13.3. The number of carbonyl (C=O) groups excluding carboxylic acids is 1. The van der Waals surface area contributed by atoms with Crippen LogP contribution in [0.4, 0.5) is 21.5 Å². The van der Waals surface area contributed by atoms with E-state index in [2.05, 4.69) is 5.32 Å². The van der Waals surface area contributed by atoms with Crippen LogP contribution in [0.15, 0.2) is 42.5 Å². The highest BCUT2D eigenvalue weighted by molar-refractivity contribution is 5.97. The standard InChI is InChI=1S/C17H16FN3O4/c18-12-6-7-13(15(10-12)21(23)24)19-8-3-9-20-14-4-1-2-5-16(14)25-11-17(20)22/h1-2,4-7,10,19H,3,8-9,11H2. The number of amides is 1. The average Bonchev–Trinajstić information content (AvgIpc) is 2.61. The summed E-state index contributed by atoms with van der Waals surface area (Å²) in [5.74, 6) is -0.136. The van der Waals surface area contributed by atoms with Crippen LogP contribution < -0.4 is 15.0 Å². The lowest BCUT2D eigenvalue weighted by atomic mass is 10.2. The Morgan fingerprint density at radius 2 is 2.08 bits per heavy atom. The number of halogens is 1. The summed E-state index contributed by atoms with van der Waals surface area (Å²) in [6, 6.07) is 10.7. The second-order valence-electron chi connectivity index (χ2n) is 5.50. The number of hydrogen-bond acceptors (Lipinski definition) is 5. The zero-order valence-corrected chi connectivity index (χ0v) is 13.3. The predicted molar refractivity (Wildman–Crippen MR) is 90.5 cm³/mol. The topological polar surface area (TPSA) is 84.7 Å². The van der Waals surface area contributed by atoms with E-state index in [9.17, 15) is 19.3 Å². The highest BCUT2D eigenvalue weighted by Crippen LogP contribution is 2.31. The van der Waals surface area contributed by atoms with E-state index in [0.717, 1.165) is 12.1 Å². The van der Waals surface area contributed by atoms with Gasteiger partial charge in [0.2, 0.25) is 0 Å². The van der Waals surface area contributed by atoms with E-state index in [1.54, 1.807) is 11.0 Å². The number of ether oxygens (including phenoxy) is 1. The third kappa shape index (κ3) is 3.68. The molecule has 2 aromatic rings. The lowest BCUT2D eigenvalue weighted by molar-refractivity contribution is -0.384. The van der Waals surface area contributed by atoms with Crippen LogP contribution in [0, 0.1) is 15.9 Å². The van der Waals surface area contributed by atoms with Crippen molar-refractivity contribution in [3.63, 3.8) is 0 Å². The summed E-state index contributed by atoms with van der Waals surface area (Å²) in [6.07, 6.45) is 0.564. The molecule has 0 aliphatic carbocycles. The summed E-state index contributed by atoms with van der Waals surface area (Å²) in [5, 5.41) is 13.9. The van der Waals surface area contributed by atoms with Gasteiger partial charge in [0.25, 0.3) is 11.6 Å². The van der Waals surface area contributed by atoms with Crippen LogP contribution >= 0.6 is 0 Å². The van der Waals surface area contributed by atoms with E-state index >= 15 is 0 Å². The molecule has 0 aromatic heterocycles. The van der Waals surface area contributed by atoms with E-state index in [1.807, 2.05) is 18.2 Å². The fraction of sp³-hybridized carbons (Fsp3) is 0.235. The van der Waals surface area contributed by atoms with Crippen molar-refractivity contribution in [2.75, 3.05) is 29.9 Å². The number of nitrogens with zero attached hydrogens (tertiary/aromatic N) is 2. The Morgan fingerprint density at radius 3 is 2.88 bits per heavy atom. The van der Waals surface area contributed by atoms with Gasteiger partial charge >= 0.3 is 0 Å². The van der Waals surface area contributed by atoms with Crippen molar-refractivity contribution in [1.29, 1.82) is 0 Å². The number of carbonyl (C=O) groups is 1. The number of hydrogen-bond donors (Lipinski definition) is 1. The van der Waals surface area contributed by atoms with Crippen LogP contribution in [0.1, 0.15) is 6.42 Å². The lowest BCUT2D eigenvalue weighted by Crippen LogP contribution is -2.39. The molecule has 1 aliphatic heterocycles. The van der Waals surface area contributed by atoms with Gasteiger partial charge in [0.05, 0.1) is 16.7 Å². The molecule has 0 radical (unpaired) electrons. The highest BCUT2D eigenvalue weighted by atomic mass is 19.1. The second-order valence-corrected chi connectivity index (χ2v) is 5.50. The maximum atomic E-state index is 13.1. The van der Waals surface area contributed by atoms with Crippen molar-refractivity contribution in [1.82, 2.24) is 0 Å². The SMILES string of the molecule is O=C1COc2ccccc2N1CCCNc1ccc(F)cc1[N+](=O)[O-]. The molecule has 1 amide bonds. The number of benzene rings is 2. The molecule has 2 aromatic carbocycles. The van der Waals surface area contributed by atoms with E-state index in [4.69, 9.17) is 4.74 Å². The molecule has 0 bridgehead atoms. The molecule has 1 heterocycles. The molecule has 0 spiro atoms. The van der Waals surface area contributed by atoms with E-state index in [1.165, 1.54) is 6.07 Å². The van der Waals surface area contributed by atoms with Crippen LogP contribution in [0.3, 0.4) is 0 Å². The van der Waals surface area contributed by atoms with E-state index in [-0.39, 0.29) is 23.9 Å². The molecule has 1 aliphatic rings. The summed E-state index contributed by atoms with van der Waals surface area (Å²) in [7, 11) is 0. The van der Waals surface area contributed by atoms with Crippen LogP contribution in [0.5, 0.6) is 5.75 Å². The molecule has 25 heavy (non-hydrogen) atoms. The largest absolute Gasteiger partial charge is 0.482 e. The molecule has 0 fully saturated rings. The molecule has 0 saturated carbocycles.